The maximum Gasteiger partial charge on any atom is 0.416 e. The summed E-state index contributed by atoms with van der Waals surface area (Å²) in [4.78, 5) is 11.8. The van der Waals surface area contributed by atoms with E-state index in [-0.39, 0.29) is 16.1 Å². The standard InChI is InChI=1S/C15H10ClF3N2O/c16-13-7-2-1-6-12(13)14(22)21-20-9-10-4-3-5-11(8-10)15(17,18)19/h1-9H,(H,21,22)/b20-9-. The largest absolute Gasteiger partial charge is 0.416 e. The number of alkyl halides is 3. The number of hydrogen-bond donors (Lipinski definition) is 1. The normalized spacial score (nSPS) is 11.6. The SMILES string of the molecule is O=C(N/N=C\c1cccc(C(F)(F)F)c1)c1ccccc1Cl. The number of halogens is 4. The predicted octanol–water partition coefficient (Wildman–Crippen LogP) is 4.12. The Morgan fingerprint density at radius 1 is 1.14 bits per heavy atom. The molecule has 2 aromatic carbocycles. The van der Waals surface area contributed by atoms with Gasteiger partial charge in [-0.3, -0.25) is 4.79 Å². The Morgan fingerprint density at radius 2 is 1.86 bits per heavy atom. The van der Waals surface area contributed by atoms with E-state index in [1.165, 1.54) is 18.2 Å². The van der Waals surface area contributed by atoms with Crippen LogP contribution in [0.4, 0.5) is 13.2 Å². The van der Waals surface area contributed by atoms with Gasteiger partial charge in [0, 0.05) is 0 Å². The van der Waals surface area contributed by atoms with Crippen molar-refractivity contribution in [3.63, 3.8) is 0 Å². The van der Waals surface area contributed by atoms with Crippen molar-refractivity contribution in [1.29, 1.82) is 0 Å². The van der Waals surface area contributed by atoms with Gasteiger partial charge in [0.2, 0.25) is 0 Å². The zero-order chi connectivity index (χ0) is 16.2. The Bertz CT molecular complexity index is 714. The summed E-state index contributed by atoms with van der Waals surface area (Å²) in [5, 5.41) is 3.89. The summed E-state index contributed by atoms with van der Waals surface area (Å²) in [6.45, 7) is 0. The van der Waals surface area contributed by atoms with Crippen LogP contribution in [0, 0.1) is 0 Å². The number of benzene rings is 2. The third kappa shape index (κ3) is 4.08. The van der Waals surface area contributed by atoms with E-state index >= 15 is 0 Å². The number of hydrogen-bond acceptors (Lipinski definition) is 2. The van der Waals surface area contributed by atoms with E-state index < -0.39 is 17.6 Å². The fourth-order valence-electron chi connectivity index (χ4n) is 1.67. The molecular formula is C15H10ClF3N2O. The number of carbonyl (C=O) groups is 1. The van der Waals surface area contributed by atoms with Gasteiger partial charge in [-0.2, -0.15) is 18.3 Å². The van der Waals surface area contributed by atoms with Crippen LogP contribution in [0.25, 0.3) is 0 Å². The number of amides is 1. The fourth-order valence-corrected chi connectivity index (χ4v) is 1.89. The van der Waals surface area contributed by atoms with E-state index in [0.29, 0.717) is 0 Å². The predicted molar refractivity (Wildman–Crippen MR) is 78.0 cm³/mol. The Kier molecular flexibility index (Phi) is 4.82. The summed E-state index contributed by atoms with van der Waals surface area (Å²) < 4.78 is 37.7. The topological polar surface area (TPSA) is 41.5 Å². The van der Waals surface area contributed by atoms with Gasteiger partial charge in [0.05, 0.1) is 22.4 Å². The molecule has 0 aliphatic rings. The average Bonchev–Trinajstić information content (AvgIpc) is 2.47. The molecule has 2 aromatic rings. The third-order valence-electron chi connectivity index (χ3n) is 2.71. The molecule has 0 fully saturated rings. The Morgan fingerprint density at radius 3 is 2.55 bits per heavy atom. The van der Waals surface area contributed by atoms with E-state index in [0.717, 1.165) is 18.3 Å². The molecule has 0 unspecified atom stereocenters. The molecule has 0 aliphatic carbocycles. The molecule has 22 heavy (non-hydrogen) atoms. The maximum atomic E-state index is 12.6. The van der Waals surface area contributed by atoms with E-state index in [1.54, 1.807) is 18.2 Å². The molecule has 0 heterocycles. The first kappa shape index (κ1) is 16.0. The molecule has 0 radical (unpaired) electrons. The van der Waals surface area contributed by atoms with Crippen LogP contribution in [0.15, 0.2) is 53.6 Å². The quantitative estimate of drug-likeness (QED) is 0.669. The van der Waals surface area contributed by atoms with Crippen LogP contribution in [0.1, 0.15) is 21.5 Å². The van der Waals surface area contributed by atoms with Gasteiger partial charge in [0.25, 0.3) is 5.91 Å². The highest BCUT2D eigenvalue weighted by molar-refractivity contribution is 6.33. The molecule has 0 spiro atoms. The van der Waals surface area contributed by atoms with Crippen molar-refractivity contribution in [2.75, 3.05) is 0 Å². The number of nitrogens with zero attached hydrogens (tertiary/aromatic N) is 1. The molecular weight excluding hydrogens is 317 g/mol. The van der Waals surface area contributed by atoms with Crippen molar-refractivity contribution in [3.05, 3.63) is 70.2 Å². The van der Waals surface area contributed by atoms with Crippen molar-refractivity contribution in [1.82, 2.24) is 5.43 Å². The summed E-state index contributed by atoms with van der Waals surface area (Å²) >= 11 is 5.85. The van der Waals surface area contributed by atoms with Crippen LogP contribution in [0.5, 0.6) is 0 Å². The van der Waals surface area contributed by atoms with Crippen LogP contribution in [-0.2, 0) is 6.18 Å². The lowest BCUT2D eigenvalue weighted by atomic mass is 10.1. The number of hydrazone groups is 1. The van der Waals surface area contributed by atoms with E-state index in [2.05, 4.69) is 10.5 Å². The van der Waals surface area contributed by atoms with Gasteiger partial charge in [0.1, 0.15) is 0 Å². The van der Waals surface area contributed by atoms with Gasteiger partial charge in [-0.25, -0.2) is 5.43 Å². The second-order valence-corrected chi connectivity index (χ2v) is 4.71. The van der Waals surface area contributed by atoms with Gasteiger partial charge in [0.15, 0.2) is 0 Å². The zero-order valence-electron chi connectivity index (χ0n) is 11.1. The van der Waals surface area contributed by atoms with Gasteiger partial charge in [-0.1, -0.05) is 35.9 Å². The highest BCUT2D eigenvalue weighted by atomic mass is 35.5. The van der Waals surface area contributed by atoms with Crippen molar-refractivity contribution >= 4 is 23.7 Å². The summed E-state index contributed by atoms with van der Waals surface area (Å²) in [6, 6.07) is 11.0. The Balaban J connectivity index is 2.07. The fraction of sp³-hybridized carbons (Fsp3) is 0.0667. The molecule has 0 saturated heterocycles. The smallest absolute Gasteiger partial charge is 0.267 e. The zero-order valence-corrected chi connectivity index (χ0v) is 11.8. The van der Waals surface area contributed by atoms with Gasteiger partial charge >= 0.3 is 6.18 Å². The van der Waals surface area contributed by atoms with Crippen molar-refractivity contribution in [3.8, 4) is 0 Å². The first-order valence-electron chi connectivity index (χ1n) is 6.13. The van der Waals surface area contributed by atoms with Gasteiger partial charge < -0.3 is 0 Å². The van der Waals surface area contributed by atoms with E-state index in [1.807, 2.05) is 0 Å². The highest BCUT2D eigenvalue weighted by Gasteiger charge is 2.30. The minimum Gasteiger partial charge on any atom is -0.267 e. The number of nitrogens with one attached hydrogen (secondary N) is 1. The molecule has 0 saturated carbocycles. The Labute approximate surface area is 129 Å². The minimum atomic E-state index is -4.43. The molecule has 3 nitrogen and oxygen atoms in total. The first-order valence-corrected chi connectivity index (χ1v) is 6.51. The number of carbonyl (C=O) groups excluding carboxylic acids is 1. The van der Waals surface area contributed by atoms with Crippen molar-refractivity contribution < 1.29 is 18.0 Å². The molecule has 0 aromatic heterocycles. The molecule has 114 valence electrons. The second-order valence-electron chi connectivity index (χ2n) is 4.30. The Hall–Kier alpha value is -2.34. The lowest BCUT2D eigenvalue weighted by Gasteiger charge is -2.06. The highest BCUT2D eigenvalue weighted by Crippen LogP contribution is 2.29. The molecule has 0 aliphatic heterocycles. The average molecular weight is 327 g/mol. The lowest BCUT2D eigenvalue weighted by Crippen LogP contribution is -2.18. The molecule has 0 bridgehead atoms. The summed E-state index contributed by atoms with van der Waals surface area (Å²) in [6.07, 6.45) is -3.30. The third-order valence-corrected chi connectivity index (χ3v) is 3.04. The van der Waals surface area contributed by atoms with E-state index in [9.17, 15) is 18.0 Å². The number of rotatable bonds is 3. The summed E-state index contributed by atoms with van der Waals surface area (Å²) in [5.41, 5.74) is 1.87. The minimum absolute atomic E-state index is 0.217. The first-order chi connectivity index (χ1) is 10.4. The summed E-state index contributed by atoms with van der Waals surface area (Å²) in [5.74, 6) is -0.547. The summed E-state index contributed by atoms with van der Waals surface area (Å²) in [7, 11) is 0. The van der Waals surface area contributed by atoms with E-state index in [4.69, 9.17) is 11.6 Å². The van der Waals surface area contributed by atoms with Gasteiger partial charge in [-0.05, 0) is 29.8 Å². The lowest BCUT2D eigenvalue weighted by molar-refractivity contribution is -0.137. The molecule has 0 atom stereocenters. The van der Waals surface area contributed by atoms with Crippen LogP contribution in [0.3, 0.4) is 0 Å². The second kappa shape index (κ2) is 6.62. The molecule has 1 amide bonds. The maximum absolute atomic E-state index is 12.6. The van der Waals surface area contributed by atoms with Crippen LogP contribution in [0.2, 0.25) is 5.02 Å². The van der Waals surface area contributed by atoms with Crippen LogP contribution >= 0.6 is 11.6 Å². The van der Waals surface area contributed by atoms with Gasteiger partial charge in [-0.15, -0.1) is 0 Å². The monoisotopic (exact) mass is 326 g/mol. The van der Waals surface area contributed by atoms with Crippen molar-refractivity contribution in [2.24, 2.45) is 5.10 Å². The van der Waals surface area contributed by atoms with Crippen molar-refractivity contribution in [2.45, 2.75) is 6.18 Å². The molecule has 7 heteroatoms. The van der Waals surface area contributed by atoms with Crippen LogP contribution < -0.4 is 5.43 Å². The molecule has 2 rings (SSSR count). The van der Waals surface area contributed by atoms with Crippen LogP contribution in [-0.4, -0.2) is 12.1 Å². The molecule has 1 N–H and O–H groups in total.